The highest BCUT2D eigenvalue weighted by molar-refractivity contribution is 4.98. The maximum atomic E-state index is 12.8. The third kappa shape index (κ3) is 3.21. The number of halogens is 2. The molecule has 0 aromatic rings. The summed E-state index contributed by atoms with van der Waals surface area (Å²) in [6.07, 6.45) is -13.9. The minimum atomic E-state index is -2.34. The Kier molecular flexibility index (Phi) is 5.87. The van der Waals surface area contributed by atoms with Gasteiger partial charge >= 0.3 is 0 Å². The maximum Gasteiger partial charge on any atom is 0.224 e. The molecule has 2 aliphatic heterocycles. The van der Waals surface area contributed by atoms with Crippen molar-refractivity contribution in [2.75, 3.05) is 20.0 Å². The smallest absolute Gasteiger partial charge is 0.224 e. The molecular weight excluding hydrogens is 326 g/mol. The van der Waals surface area contributed by atoms with Gasteiger partial charge in [0.25, 0.3) is 0 Å². The van der Waals surface area contributed by atoms with Crippen LogP contribution >= 0.6 is 0 Å². The Morgan fingerprint density at radius 1 is 0.870 bits per heavy atom. The molecule has 2 aliphatic rings. The van der Waals surface area contributed by atoms with Crippen LogP contribution in [0.1, 0.15) is 0 Å². The lowest BCUT2D eigenvalue weighted by Crippen LogP contribution is -2.62. The summed E-state index contributed by atoms with van der Waals surface area (Å²) in [5.41, 5.74) is 0. The number of aliphatic hydroxyl groups is 6. The van der Waals surface area contributed by atoms with E-state index in [2.05, 4.69) is 0 Å². The van der Waals surface area contributed by atoms with E-state index in [1.165, 1.54) is 0 Å². The molecule has 9 nitrogen and oxygen atoms in total. The van der Waals surface area contributed by atoms with Crippen LogP contribution in [-0.2, 0) is 14.2 Å². The predicted molar refractivity (Wildman–Crippen MR) is 66.4 cm³/mol. The van der Waals surface area contributed by atoms with Crippen molar-refractivity contribution in [2.24, 2.45) is 0 Å². The molecule has 0 amide bonds. The van der Waals surface area contributed by atoms with Gasteiger partial charge in [0.15, 0.2) is 6.29 Å². The van der Waals surface area contributed by atoms with E-state index in [1.807, 2.05) is 0 Å². The average Bonchev–Trinajstić information content (AvgIpc) is 2.80. The lowest BCUT2D eigenvalue weighted by molar-refractivity contribution is -0.382. The Morgan fingerprint density at radius 2 is 1.48 bits per heavy atom. The fourth-order valence-corrected chi connectivity index (χ4v) is 2.59. The third-order valence-corrected chi connectivity index (χ3v) is 4.01. The summed E-state index contributed by atoms with van der Waals surface area (Å²) in [4.78, 5) is 0. The number of aliphatic hydroxyl groups excluding tert-OH is 6. The molecule has 0 bridgehead atoms. The molecule has 2 saturated heterocycles. The van der Waals surface area contributed by atoms with E-state index in [1.54, 1.807) is 0 Å². The van der Waals surface area contributed by atoms with Crippen molar-refractivity contribution in [2.45, 2.75) is 54.8 Å². The monoisotopic (exact) mass is 346 g/mol. The Bertz CT molecular complexity index is 401. The minimum Gasteiger partial charge on any atom is -0.391 e. The van der Waals surface area contributed by atoms with Crippen molar-refractivity contribution in [1.29, 1.82) is 0 Å². The van der Waals surface area contributed by atoms with Crippen LogP contribution in [0.5, 0.6) is 0 Å². The quantitative estimate of drug-likeness (QED) is 0.299. The zero-order valence-corrected chi connectivity index (χ0v) is 11.9. The van der Waals surface area contributed by atoms with Crippen LogP contribution in [0.2, 0.25) is 0 Å². The molecule has 23 heavy (non-hydrogen) atoms. The van der Waals surface area contributed by atoms with Crippen molar-refractivity contribution < 1.29 is 53.6 Å². The van der Waals surface area contributed by atoms with E-state index in [0.29, 0.717) is 0 Å². The third-order valence-electron chi connectivity index (χ3n) is 4.01. The fraction of sp³-hybridized carbons (Fsp3) is 1.00. The summed E-state index contributed by atoms with van der Waals surface area (Å²) in [7, 11) is 0. The van der Waals surface area contributed by atoms with Gasteiger partial charge in [-0.2, -0.15) is 0 Å². The van der Waals surface area contributed by atoms with Gasteiger partial charge < -0.3 is 44.8 Å². The Balaban J connectivity index is 2.18. The zero-order chi connectivity index (χ0) is 17.4. The highest BCUT2D eigenvalue weighted by Crippen LogP contribution is 2.36. The Labute approximate surface area is 129 Å². The number of alkyl halides is 2. The van der Waals surface area contributed by atoms with E-state index in [4.69, 9.17) is 14.2 Å². The molecule has 9 unspecified atom stereocenters. The van der Waals surface area contributed by atoms with Crippen molar-refractivity contribution in [3.8, 4) is 0 Å². The summed E-state index contributed by atoms with van der Waals surface area (Å²) in [5, 5.41) is 58.0. The summed E-state index contributed by atoms with van der Waals surface area (Å²) in [6, 6.07) is 0. The molecular formula is C12H20F2O9. The molecule has 0 aromatic carbocycles. The first kappa shape index (κ1) is 18.8. The van der Waals surface area contributed by atoms with Gasteiger partial charge in [-0.1, -0.05) is 0 Å². The molecule has 0 saturated carbocycles. The standard InChI is InChI=1S/C12H20F2O9/c13-1-4-6(16)8(18)9(19)11(21-4)23-12(3-15)10(20)7(17)5(2-14)22-12/h4-11,15-20H,1-3H2. The van der Waals surface area contributed by atoms with Crippen molar-refractivity contribution in [3.63, 3.8) is 0 Å². The molecule has 6 N–H and O–H groups in total. The molecule has 0 aliphatic carbocycles. The van der Waals surface area contributed by atoms with E-state index in [9.17, 15) is 39.4 Å². The van der Waals surface area contributed by atoms with Gasteiger partial charge in [0.2, 0.25) is 5.79 Å². The minimum absolute atomic E-state index is 1.05. The summed E-state index contributed by atoms with van der Waals surface area (Å²) in [5.74, 6) is -2.34. The van der Waals surface area contributed by atoms with Crippen LogP contribution in [0.3, 0.4) is 0 Å². The van der Waals surface area contributed by atoms with E-state index in [-0.39, 0.29) is 0 Å². The van der Waals surface area contributed by atoms with Gasteiger partial charge in [0.1, 0.15) is 62.7 Å². The summed E-state index contributed by atoms with van der Waals surface area (Å²) in [6.45, 7) is -3.45. The highest BCUT2D eigenvalue weighted by atomic mass is 19.1. The lowest BCUT2D eigenvalue weighted by atomic mass is 9.99. The largest absolute Gasteiger partial charge is 0.391 e. The molecule has 136 valence electrons. The highest BCUT2D eigenvalue weighted by Gasteiger charge is 2.58. The number of hydrogen-bond acceptors (Lipinski definition) is 9. The van der Waals surface area contributed by atoms with Gasteiger partial charge in [-0.3, -0.25) is 0 Å². The van der Waals surface area contributed by atoms with Gasteiger partial charge in [-0.25, -0.2) is 8.78 Å². The van der Waals surface area contributed by atoms with Crippen LogP contribution in [0.25, 0.3) is 0 Å². The first-order chi connectivity index (χ1) is 10.8. The van der Waals surface area contributed by atoms with Crippen molar-refractivity contribution in [3.05, 3.63) is 0 Å². The topological polar surface area (TPSA) is 149 Å². The second-order valence-corrected chi connectivity index (χ2v) is 5.50. The predicted octanol–water partition coefficient (Wildman–Crippen LogP) is -3.44. The molecule has 0 radical (unpaired) electrons. The van der Waals surface area contributed by atoms with Crippen LogP contribution < -0.4 is 0 Å². The van der Waals surface area contributed by atoms with Gasteiger partial charge in [-0.05, 0) is 0 Å². The number of rotatable bonds is 5. The average molecular weight is 346 g/mol. The van der Waals surface area contributed by atoms with Crippen molar-refractivity contribution >= 4 is 0 Å². The molecule has 0 aromatic heterocycles. The fourth-order valence-electron chi connectivity index (χ4n) is 2.59. The van der Waals surface area contributed by atoms with E-state index in [0.717, 1.165) is 0 Å². The Hall–Kier alpha value is -0.500. The SMILES string of the molecule is OCC1(OC2OC(CF)C(O)C(O)C2O)OC(CF)C(O)C1O. The van der Waals surface area contributed by atoms with Crippen molar-refractivity contribution in [1.82, 2.24) is 0 Å². The maximum absolute atomic E-state index is 12.8. The van der Waals surface area contributed by atoms with Crippen LogP contribution in [0, 0.1) is 0 Å². The van der Waals surface area contributed by atoms with Crippen LogP contribution in [0.15, 0.2) is 0 Å². The van der Waals surface area contributed by atoms with Gasteiger partial charge in [0, 0.05) is 0 Å². The lowest BCUT2D eigenvalue weighted by Gasteiger charge is -2.43. The molecule has 11 heteroatoms. The zero-order valence-electron chi connectivity index (χ0n) is 11.9. The normalized spacial score (nSPS) is 51.1. The van der Waals surface area contributed by atoms with Gasteiger partial charge in [0.05, 0.1) is 0 Å². The second-order valence-electron chi connectivity index (χ2n) is 5.50. The molecule has 2 rings (SSSR count). The molecule has 9 atom stereocenters. The first-order valence-corrected chi connectivity index (χ1v) is 6.95. The molecule has 2 heterocycles. The number of hydrogen-bond donors (Lipinski definition) is 6. The summed E-state index contributed by atoms with van der Waals surface area (Å²) < 4.78 is 40.6. The molecule has 0 spiro atoms. The number of ether oxygens (including phenoxy) is 3. The molecule has 2 fully saturated rings. The Morgan fingerprint density at radius 3 is 1.96 bits per heavy atom. The first-order valence-electron chi connectivity index (χ1n) is 6.95. The van der Waals surface area contributed by atoms with E-state index < -0.39 is 74.8 Å². The van der Waals surface area contributed by atoms with Crippen LogP contribution in [-0.4, -0.2) is 105 Å². The summed E-state index contributed by atoms with van der Waals surface area (Å²) >= 11 is 0. The van der Waals surface area contributed by atoms with Crippen LogP contribution in [0.4, 0.5) is 8.78 Å². The van der Waals surface area contributed by atoms with Gasteiger partial charge in [-0.15, -0.1) is 0 Å². The second kappa shape index (κ2) is 7.17. The van der Waals surface area contributed by atoms with E-state index >= 15 is 0 Å².